The van der Waals surface area contributed by atoms with Gasteiger partial charge in [-0.15, -0.1) is 0 Å². The fourth-order valence-corrected chi connectivity index (χ4v) is 5.11. The van der Waals surface area contributed by atoms with Crippen molar-refractivity contribution in [1.29, 1.82) is 0 Å². The number of rotatable bonds is 4. The van der Waals surface area contributed by atoms with Gasteiger partial charge in [-0.25, -0.2) is 0 Å². The van der Waals surface area contributed by atoms with E-state index in [1.165, 1.54) is 55.0 Å². The van der Waals surface area contributed by atoms with Crippen LogP contribution in [0.2, 0.25) is 0 Å². The molecule has 0 aromatic heterocycles. The minimum Gasteiger partial charge on any atom is -0.0985 e. The van der Waals surface area contributed by atoms with Gasteiger partial charge in [-0.2, -0.15) is 0 Å². The van der Waals surface area contributed by atoms with Crippen molar-refractivity contribution in [2.24, 2.45) is 0 Å². The average Bonchev–Trinajstić information content (AvgIpc) is 2.89. The third kappa shape index (κ3) is 3.89. The summed E-state index contributed by atoms with van der Waals surface area (Å²) < 4.78 is 0. The second-order valence-corrected chi connectivity index (χ2v) is 8.48. The molecule has 0 amide bonds. The molecule has 1 aliphatic carbocycles. The molecular weight excluding hydrogens is 408 g/mol. The molecule has 0 N–H and O–H groups in total. The molecule has 1 aliphatic rings. The molecule has 0 heteroatoms. The van der Waals surface area contributed by atoms with Crippen LogP contribution in [-0.4, -0.2) is 0 Å². The molecule has 4 aromatic rings. The van der Waals surface area contributed by atoms with Crippen molar-refractivity contribution in [3.8, 4) is 11.1 Å². The first-order valence-corrected chi connectivity index (χ1v) is 11.8. The van der Waals surface area contributed by atoms with Gasteiger partial charge in [0.2, 0.25) is 0 Å². The maximum absolute atomic E-state index is 4.16. The van der Waals surface area contributed by atoms with Gasteiger partial charge in [0.15, 0.2) is 0 Å². The maximum Gasteiger partial charge on any atom is -0.00264 e. The minimum atomic E-state index is 0.995. The minimum absolute atomic E-state index is 0.995. The van der Waals surface area contributed by atoms with E-state index in [9.17, 15) is 0 Å². The van der Waals surface area contributed by atoms with Crippen LogP contribution in [0.15, 0.2) is 146 Å². The summed E-state index contributed by atoms with van der Waals surface area (Å²) >= 11 is 0. The molecular formula is C34H28. The van der Waals surface area contributed by atoms with E-state index in [2.05, 4.69) is 116 Å². The van der Waals surface area contributed by atoms with Crippen molar-refractivity contribution < 1.29 is 0 Å². The molecule has 0 fully saturated rings. The summed E-state index contributed by atoms with van der Waals surface area (Å²) in [7, 11) is 0. The number of benzene rings is 3. The lowest BCUT2D eigenvalue weighted by molar-refractivity contribution is 1.03. The molecule has 4 aromatic carbocycles. The van der Waals surface area contributed by atoms with Crippen LogP contribution in [0.1, 0.15) is 18.4 Å². The summed E-state index contributed by atoms with van der Waals surface area (Å²) in [5.74, 6) is 0. The molecule has 0 saturated heterocycles. The molecule has 0 bridgehead atoms. The monoisotopic (exact) mass is 436 g/mol. The van der Waals surface area contributed by atoms with Crippen molar-refractivity contribution >= 4 is 27.1 Å². The Hall–Kier alpha value is -4.16. The van der Waals surface area contributed by atoms with Gasteiger partial charge in [0, 0.05) is 0 Å². The van der Waals surface area contributed by atoms with E-state index in [1.807, 2.05) is 18.2 Å². The van der Waals surface area contributed by atoms with Gasteiger partial charge < -0.3 is 0 Å². The molecule has 0 nitrogen and oxygen atoms in total. The largest absolute Gasteiger partial charge is 0.0985 e. The summed E-state index contributed by atoms with van der Waals surface area (Å²) in [4.78, 5) is 0. The van der Waals surface area contributed by atoms with Crippen LogP contribution in [0.25, 0.3) is 38.2 Å². The zero-order valence-electron chi connectivity index (χ0n) is 19.4. The molecule has 0 spiro atoms. The summed E-state index contributed by atoms with van der Waals surface area (Å²) in [5, 5.41) is 5.09. The predicted molar refractivity (Wildman–Crippen MR) is 149 cm³/mol. The first-order valence-electron chi connectivity index (χ1n) is 11.8. The molecule has 0 unspecified atom stereocenters. The molecule has 5 rings (SSSR count). The molecule has 0 heterocycles. The smallest absolute Gasteiger partial charge is 0.00264 e. The zero-order chi connectivity index (χ0) is 23.3. The zero-order valence-corrected chi connectivity index (χ0v) is 19.4. The van der Waals surface area contributed by atoms with E-state index in [0.717, 1.165) is 12.8 Å². The summed E-state index contributed by atoms with van der Waals surface area (Å²) in [5.41, 5.74) is 7.52. The van der Waals surface area contributed by atoms with Crippen LogP contribution in [0.3, 0.4) is 0 Å². The lowest BCUT2D eigenvalue weighted by Crippen LogP contribution is -2.01. The van der Waals surface area contributed by atoms with Gasteiger partial charge in [-0.05, 0) is 67.8 Å². The Kier molecular flexibility index (Phi) is 6.23. The third-order valence-corrected chi connectivity index (χ3v) is 6.56. The molecule has 164 valence electrons. The fourth-order valence-electron chi connectivity index (χ4n) is 5.11. The van der Waals surface area contributed by atoms with Crippen LogP contribution in [0.4, 0.5) is 0 Å². The Labute approximate surface area is 202 Å². The van der Waals surface area contributed by atoms with Crippen LogP contribution in [-0.2, 0) is 0 Å². The molecule has 0 aliphatic heterocycles. The summed E-state index contributed by atoms with van der Waals surface area (Å²) in [6.07, 6.45) is 8.23. The Balaban J connectivity index is 1.96. The van der Waals surface area contributed by atoms with E-state index in [0.29, 0.717) is 0 Å². The van der Waals surface area contributed by atoms with Gasteiger partial charge in [0.05, 0.1) is 0 Å². The highest BCUT2D eigenvalue weighted by Gasteiger charge is 2.21. The van der Waals surface area contributed by atoms with Crippen LogP contribution in [0.5, 0.6) is 0 Å². The van der Waals surface area contributed by atoms with Crippen molar-refractivity contribution in [2.45, 2.75) is 12.8 Å². The van der Waals surface area contributed by atoms with E-state index in [-0.39, 0.29) is 0 Å². The van der Waals surface area contributed by atoms with Crippen molar-refractivity contribution in [3.63, 3.8) is 0 Å². The molecule has 34 heavy (non-hydrogen) atoms. The quantitative estimate of drug-likeness (QED) is 0.279. The second kappa shape index (κ2) is 9.77. The predicted octanol–water partition coefficient (Wildman–Crippen LogP) is 9.63. The van der Waals surface area contributed by atoms with Gasteiger partial charge in [-0.3, -0.25) is 0 Å². The maximum atomic E-state index is 4.16. The van der Waals surface area contributed by atoms with E-state index < -0.39 is 0 Å². The van der Waals surface area contributed by atoms with Crippen molar-refractivity contribution in [3.05, 3.63) is 151 Å². The van der Waals surface area contributed by atoms with Crippen LogP contribution in [0, 0.1) is 0 Å². The Morgan fingerprint density at radius 1 is 0.529 bits per heavy atom. The van der Waals surface area contributed by atoms with Crippen LogP contribution >= 0.6 is 0 Å². The molecule has 0 atom stereocenters. The van der Waals surface area contributed by atoms with Crippen molar-refractivity contribution in [2.75, 3.05) is 0 Å². The number of fused-ring (bicyclic) bond motifs is 2. The molecule has 0 saturated carbocycles. The Morgan fingerprint density at radius 2 is 1.00 bits per heavy atom. The van der Waals surface area contributed by atoms with E-state index >= 15 is 0 Å². The highest BCUT2D eigenvalue weighted by molar-refractivity contribution is 6.19. The van der Waals surface area contributed by atoms with Gasteiger partial charge in [0.25, 0.3) is 0 Å². The average molecular weight is 437 g/mol. The second-order valence-electron chi connectivity index (χ2n) is 8.48. The number of hydrogen-bond acceptors (Lipinski definition) is 0. The number of allylic oxidation sites excluding steroid dienone is 6. The SMILES string of the molecule is C=CC1=CCCC(c2c3ccccc3c(-c3ccccccccc3)c3ccccc23)=C1C=C. The normalized spacial score (nSPS) is 13.4. The first kappa shape index (κ1) is 21.7. The summed E-state index contributed by atoms with van der Waals surface area (Å²) in [6, 6.07) is 36.6. The van der Waals surface area contributed by atoms with Crippen molar-refractivity contribution in [1.82, 2.24) is 0 Å². The lowest BCUT2D eigenvalue weighted by Gasteiger charge is -2.23. The Morgan fingerprint density at radius 3 is 1.50 bits per heavy atom. The third-order valence-electron chi connectivity index (χ3n) is 6.56. The van der Waals surface area contributed by atoms with Gasteiger partial charge in [0.1, 0.15) is 0 Å². The van der Waals surface area contributed by atoms with E-state index in [1.54, 1.807) is 0 Å². The van der Waals surface area contributed by atoms with Gasteiger partial charge >= 0.3 is 0 Å². The standard InChI is InChI=1S/C34H28/c1-3-25-19-16-24-28(27(25)4-2)34-31-22-14-12-20-29(31)33(30-21-13-15-23-32(30)34)26-17-10-8-6-5-7-9-11-18-26/h3-15,17-23H,1-2,16,24H2. The lowest BCUT2D eigenvalue weighted by atomic mass is 9.80. The highest BCUT2D eigenvalue weighted by Crippen LogP contribution is 2.45. The van der Waals surface area contributed by atoms with E-state index in [4.69, 9.17) is 0 Å². The van der Waals surface area contributed by atoms with Crippen LogP contribution < -0.4 is 0 Å². The number of hydrogen-bond donors (Lipinski definition) is 0. The van der Waals surface area contributed by atoms with Gasteiger partial charge in [-0.1, -0.05) is 135 Å². The fraction of sp³-hybridized carbons (Fsp3) is 0.0588. The summed E-state index contributed by atoms with van der Waals surface area (Å²) in [6.45, 7) is 8.22. The molecule has 0 radical (unpaired) electrons. The first-order chi connectivity index (χ1) is 16.8. The topological polar surface area (TPSA) is 0 Å². The highest BCUT2D eigenvalue weighted by atomic mass is 14.2. The Bertz CT molecular complexity index is 1440.